The van der Waals surface area contributed by atoms with Gasteiger partial charge in [-0.15, -0.1) is 0 Å². The number of benzene rings is 9. The van der Waals surface area contributed by atoms with E-state index in [0.29, 0.717) is 0 Å². The van der Waals surface area contributed by atoms with Crippen LogP contribution in [0, 0.1) is 0 Å². The Balaban J connectivity index is 1.17. The third kappa shape index (κ3) is 3.99. The molecule has 9 aromatic carbocycles. The van der Waals surface area contributed by atoms with Crippen molar-refractivity contribution in [1.82, 2.24) is 0 Å². The summed E-state index contributed by atoms with van der Waals surface area (Å²) in [6, 6.07) is 55.6. The highest BCUT2D eigenvalue weighted by Crippen LogP contribution is 2.47. The van der Waals surface area contributed by atoms with Crippen LogP contribution in [0.25, 0.3) is 98.1 Å². The Kier molecular flexibility index (Phi) is 5.74. The van der Waals surface area contributed by atoms with E-state index in [9.17, 15) is 0 Å². The van der Waals surface area contributed by atoms with Crippen molar-refractivity contribution in [3.63, 3.8) is 0 Å². The second-order valence-electron chi connectivity index (χ2n) is 13.9. The number of fused-ring (bicyclic) bond motifs is 15. The lowest BCUT2D eigenvalue weighted by Crippen LogP contribution is -2.25. The lowest BCUT2D eigenvalue weighted by atomic mass is 9.93. The van der Waals surface area contributed by atoms with E-state index in [4.69, 9.17) is 13.3 Å². The summed E-state index contributed by atoms with van der Waals surface area (Å²) in [5.74, 6) is 0. The van der Waals surface area contributed by atoms with Gasteiger partial charge in [-0.05, 0) is 105 Å². The maximum Gasteiger partial charge on any atom is 0.171 e. The van der Waals surface area contributed by atoms with Crippen molar-refractivity contribution in [2.24, 2.45) is 0 Å². The summed E-state index contributed by atoms with van der Waals surface area (Å²) in [7, 11) is -3.50. The number of hydrogen-bond acceptors (Lipinski definition) is 4. The van der Waals surface area contributed by atoms with Crippen molar-refractivity contribution in [3.8, 4) is 0 Å². The molecule has 0 saturated heterocycles. The van der Waals surface area contributed by atoms with Crippen molar-refractivity contribution >= 4 is 121 Å². The van der Waals surface area contributed by atoms with Gasteiger partial charge in [0.2, 0.25) is 0 Å². The molecule has 3 aromatic heterocycles. The fourth-order valence-electron chi connectivity index (χ4n) is 8.62. The van der Waals surface area contributed by atoms with Gasteiger partial charge in [0.25, 0.3) is 0 Å². The second-order valence-corrected chi connectivity index (χ2v) is 16.7. The van der Waals surface area contributed by atoms with Gasteiger partial charge in [-0.25, -0.2) is 0 Å². The van der Waals surface area contributed by atoms with E-state index in [1.807, 2.05) is 72.8 Å². The molecule has 0 aliphatic carbocycles. The monoisotopic (exact) mass is 698 g/mol. The van der Waals surface area contributed by atoms with Crippen LogP contribution >= 0.6 is 7.14 Å². The smallest absolute Gasteiger partial charge is 0.171 e. The Morgan fingerprint density at radius 2 is 0.604 bits per heavy atom. The van der Waals surface area contributed by atoms with Gasteiger partial charge in [0, 0.05) is 48.2 Å². The van der Waals surface area contributed by atoms with Gasteiger partial charge in [0.05, 0.1) is 0 Å². The van der Waals surface area contributed by atoms with E-state index in [2.05, 4.69) is 91.0 Å². The molecule has 0 amide bonds. The minimum Gasteiger partial charge on any atom is -0.456 e. The minimum atomic E-state index is -3.50. The predicted molar refractivity (Wildman–Crippen MR) is 220 cm³/mol. The Bertz CT molecular complexity index is 3450. The van der Waals surface area contributed by atoms with Crippen molar-refractivity contribution in [2.45, 2.75) is 0 Å². The predicted octanol–water partition coefficient (Wildman–Crippen LogP) is 12.5. The van der Waals surface area contributed by atoms with Crippen LogP contribution in [0.1, 0.15) is 0 Å². The topological polar surface area (TPSA) is 56.5 Å². The Morgan fingerprint density at radius 1 is 0.264 bits per heavy atom. The van der Waals surface area contributed by atoms with E-state index in [0.717, 1.165) is 114 Å². The summed E-state index contributed by atoms with van der Waals surface area (Å²) in [5.41, 5.74) is 4.88. The zero-order valence-corrected chi connectivity index (χ0v) is 29.1. The zero-order valence-electron chi connectivity index (χ0n) is 28.2. The lowest BCUT2D eigenvalue weighted by molar-refractivity contribution is 0.592. The molecule has 248 valence electrons. The molecule has 0 unspecified atom stereocenters. The molecule has 4 nitrogen and oxygen atoms in total. The van der Waals surface area contributed by atoms with Crippen molar-refractivity contribution in [3.05, 3.63) is 164 Å². The summed E-state index contributed by atoms with van der Waals surface area (Å²) in [5, 5.41) is 15.0. The Morgan fingerprint density at radius 3 is 1.13 bits per heavy atom. The molecule has 0 aliphatic rings. The molecule has 53 heavy (non-hydrogen) atoms. The first-order valence-corrected chi connectivity index (χ1v) is 19.5. The second kappa shape index (κ2) is 10.5. The third-order valence-electron chi connectivity index (χ3n) is 11.1. The summed E-state index contributed by atoms with van der Waals surface area (Å²) < 4.78 is 35.3. The highest BCUT2D eigenvalue weighted by atomic mass is 31.2. The summed E-state index contributed by atoms with van der Waals surface area (Å²) >= 11 is 0. The lowest BCUT2D eigenvalue weighted by Gasteiger charge is -2.21. The van der Waals surface area contributed by atoms with Crippen molar-refractivity contribution in [1.29, 1.82) is 0 Å². The molecule has 12 rings (SSSR count). The molecule has 0 aliphatic heterocycles. The summed E-state index contributed by atoms with van der Waals surface area (Å²) in [6.45, 7) is 0. The number of para-hydroxylation sites is 3. The molecule has 0 atom stereocenters. The van der Waals surface area contributed by atoms with Crippen LogP contribution in [0.2, 0.25) is 0 Å². The van der Waals surface area contributed by atoms with Crippen molar-refractivity contribution in [2.75, 3.05) is 0 Å². The quantitative estimate of drug-likeness (QED) is 0.136. The molecule has 3 heterocycles. The van der Waals surface area contributed by atoms with Crippen LogP contribution in [0.3, 0.4) is 0 Å². The van der Waals surface area contributed by atoms with E-state index in [1.165, 1.54) is 0 Å². The average Bonchev–Trinajstić information content (AvgIpc) is 3.90. The van der Waals surface area contributed by atoms with Crippen LogP contribution in [-0.4, -0.2) is 0 Å². The summed E-state index contributed by atoms with van der Waals surface area (Å²) in [4.78, 5) is 0. The van der Waals surface area contributed by atoms with Crippen LogP contribution in [0.4, 0.5) is 0 Å². The number of hydrogen-bond donors (Lipinski definition) is 0. The van der Waals surface area contributed by atoms with E-state index < -0.39 is 7.14 Å². The molecule has 0 N–H and O–H groups in total. The van der Waals surface area contributed by atoms with Crippen LogP contribution < -0.4 is 15.9 Å². The standard InChI is InChI=1S/C48H27O4P/c49-53(29-18-21-46-40(24-29)34-11-3-6-14-43(34)50-46,30-19-22-47-41(25-30)35-12-4-7-15-44(35)51-47)28-17-20-33-37(23-28)31-9-1-2-10-32(31)38-26-42-36-13-5-8-16-45(36)52-48(42)27-39(33)38/h1-27H. The van der Waals surface area contributed by atoms with Gasteiger partial charge >= 0.3 is 0 Å². The van der Waals surface area contributed by atoms with Gasteiger partial charge in [-0.1, -0.05) is 91.0 Å². The van der Waals surface area contributed by atoms with Gasteiger partial charge < -0.3 is 17.8 Å². The Labute approximate surface area is 301 Å². The average molecular weight is 699 g/mol. The maximum absolute atomic E-state index is 16.5. The molecule has 0 radical (unpaired) electrons. The van der Waals surface area contributed by atoms with Gasteiger partial charge in [0.15, 0.2) is 7.14 Å². The highest BCUT2D eigenvalue weighted by molar-refractivity contribution is 7.85. The maximum atomic E-state index is 16.5. The Hall–Kier alpha value is -6.61. The fraction of sp³-hybridized carbons (Fsp3) is 0. The van der Waals surface area contributed by atoms with Gasteiger partial charge in [-0.3, -0.25) is 0 Å². The molecular formula is C48H27O4P. The van der Waals surface area contributed by atoms with E-state index >= 15 is 4.57 Å². The van der Waals surface area contributed by atoms with E-state index in [1.54, 1.807) is 0 Å². The molecular weight excluding hydrogens is 671 g/mol. The molecule has 0 fully saturated rings. The first-order chi connectivity index (χ1) is 26.1. The largest absolute Gasteiger partial charge is 0.456 e. The van der Waals surface area contributed by atoms with E-state index in [-0.39, 0.29) is 0 Å². The van der Waals surface area contributed by atoms with Crippen LogP contribution in [0.5, 0.6) is 0 Å². The number of rotatable bonds is 3. The highest BCUT2D eigenvalue weighted by Gasteiger charge is 2.32. The molecule has 5 heteroatoms. The van der Waals surface area contributed by atoms with Gasteiger partial charge in [0.1, 0.15) is 33.5 Å². The van der Waals surface area contributed by atoms with Gasteiger partial charge in [-0.2, -0.15) is 0 Å². The minimum absolute atomic E-state index is 0.747. The van der Waals surface area contributed by atoms with Crippen LogP contribution in [-0.2, 0) is 4.57 Å². The summed E-state index contributed by atoms with van der Waals surface area (Å²) in [6.07, 6.45) is 0. The molecule has 12 aromatic rings. The van der Waals surface area contributed by atoms with Crippen LogP contribution in [0.15, 0.2) is 177 Å². The molecule has 0 saturated carbocycles. The molecule has 0 spiro atoms. The normalized spacial score (nSPS) is 12.6. The molecule has 0 bridgehead atoms. The first kappa shape index (κ1) is 29.0. The first-order valence-electron chi connectivity index (χ1n) is 17.8. The van der Waals surface area contributed by atoms with Crippen molar-refractivity contribution < 1.29 is 17.8 Å². The number of furan rings is 3. The third-order valence-corrected chi connectivity index (χ3v) is 14.1. The fourth-order valence-corrected chi connectivity index (χ4v) is 11.3. The zero-order chi connectivity index (χ0) is 34.8. The SMILES string of the molecule is O=P(c1ccc2oc3ccccc3c2c1)(c1ccc2oc3ccccc3c2c1)c1ccc2c(c1)c1ccccc1c1cc3c(cc21)oc1ccccc13.